The van der Waals surface area contributed by atoms with Gasteiger partial charge in [0.15, 0.2) is 0 Å². The molecular formula is C11H11IN2O2. The normalized spacial score (nSPS) is 9.31. The van der Waals surface area contributed by atoms with E-state index < -0.39 is 0 Å². The number of nitrogens with zero attached hydrogens (tertiary/aromatic N) is 1. The summed E-state index contributed by atoms with van der Waals surface area (Å²) in [5.74, 6) is -0.329. The number of nitrogens with one attached hydrogen (secondary N) is 1. The standard InChI is InChI=1S/C11H11IN2O2/c1-2-16-11(15)7-14-10-4-3-9(12)5-8(10)6-13/h3-5,14H,2,7H2,1H3. The smallest absolute Gasteiger partial charge is 0.325 e. The fourth-order valence-electron chi connectivity index (χ4n) is 1.14. The third kappa shape index (κ3) is 3.70. The van der Waals surface area contributed by atoms with Crippen molar-refractivity contribution in [3.8, 4) is 6.07 Å². The van der Waals surface area contributed by atoms with Gasteiger partial charge in [-0.1, -0.05) is 0 Å². The molecule has 1 rings (SSSR count). The van der Waals surface area contributed by atoms with E-state index in [1.165, 1.54) is 0 Å². The SMILES string of the molecule is CCOC(=O)CNc1ccc(I)cc1C#N. The van der Waals surface area contributed by atoms with E-state index in [1.807, 2.05) is 6.07 Å². The van der Waals surface area contributed by atoms with Crippen molar-refractivity contribution in [2.75, 3.05) is 18.5 Å². The highest BCUT2D eigenvalue weighted by Crippen LogP contribution is 2.17. The third-order valence-electron chi connectivity index (χ3n) is 1.83. The monoisotopic (exact) mass is 330 g/mol. The first-order valence-corrected chi connectivity index (χ1v) is 5.84. The average Bonchev–Trinajstić information content (AvgIpc) is 2.27. The van der Waals surface area contributed by atoms with Crippen LogP contribution in [0.5, 0.6) is 0 Å². The van der Waals surface area contributed by atoms with Crippen molar-refractivity contribution in [2.45, 2.75) is 6.92 Å². The fourth-order valence-corrected chi connectivity index (χ4v) is 1.63. The lowest BCUT2D eigenvalue weighted by atomic mass is 10.2. The Morgan fingerprint density at radius 1 is 1.62 bits per heavy atom. The van der Waals surface area contributed by atoms with Gasteiger partial charge in [0.05, 0.1) is 17.9 Å². The maximum atomic E-state index is 11.1. The van der Waals surface area contributed by atoms with Crippen LogP contribution in [-0.4, -0.2) is 19.1 Å². The lowest BCUT2D eigenvalue weighted by molar-refractivity contribution is -0.140. The van der Waals surface area contributed by atoms with E-state index in [4.69, 9.17) is 10.00 Å². The van der Waals surface area contributed by atoms with Crippen LogP contribution < -0.4 is 5.32 Å². The van der Waals surface area contributed by atoms with E-state index in [9.17, 15) is 4.79 Å². The highest BCUT2D eigenvalue weighted by atomic mass is 127. The van der Waals surface area contributed by atoms with Crippen molar-refractivity contribution in [3.05, 3.63) is 27.3 Å². The van der Waals surface area contributed by atoms with Crippen molar-refractivity contribution in [1.29, 1.82) is 5.26 Å². The minimum atomic E-state index is -0.329. The summed E-state index contributed by atoms with van der Waals surface area (Å²) in [5.41, 5.74) is 1.17. The highest BCUT2D eigenvalue weighted by Gasteiger charge is 2.05. The zero-order valence-electron chi connectivity index (χ0n) is 8.79. The second-order valence-corrected chi connectivity index (χ2v) is 4.21. The summed E-state index contributed by atoms with van der Waals surface area (Å²) in [4.78, 5) is 11.1. The number of halogens is 1. The molecule has 0 bridgehead atoms. The van der Waals surface area contributed by atoms with Crippen molar-refractivity contribution in [1.82, 2.24) is 0 Å². The van der Waals surface area contributed by atoms with Crippen LogP contribution in [0.1, 0.15) is 12.5 Å². The van der Waals surface area contributed by atoms with E-state index in [1.54, 1.807) is 19.1 Å². The van der Waals surface area contributed by atoms with Crippen molar-refractivity contribution in [3.63, 3.8) is 0 Å². The molecule has 0 unspecified atom stereocenters. The molecule has 0 aromatic heterocycles. The predicted octanol–water partition coefficient (Wildman–Crippen LogP) is 2.14. The van der Waals surface area contributed by atoms with Gasteiger partial charge < -0.3 is 10.1 Å². The maximum Gasteiger partial charge on any atom is 0.325 e. The number of carbonyl (C=O) groups excluding carboxylic acids is 1. The van der Waals surface area contributed by atoms with Gasteiger partial charge in [0.1, 0.15) is 12.6 Å². The molecule has 0 aliphatic carbocycles. The maximum absolute atomic E-state index is 11.1. The van der Waals surface area contributed by atoms with Crippen LogP contribution in [-0.2, 0) is 9.53 Å². The average molecular weight is 330 g/mol. The molecule has 0 heterocycles. The largest absolute Gasteiger partial charge is 0.465 e. The molecule has 1 N–H and O–H groups in total. The first-order chi connectivity index (χ1) is 7.67. The topological polar surface area (TPSA) is 62.1 Å². The number of rotatable bonds is 4. The van der Waals surface area contributed by atoms with Crippen LogP contribution in [0.4, 0.5) is 5.69 Å². The molecule has 0 saturated heterocycles. The van der Waals surface area contributed by atoms with E-state index in [2.05, 4.69) is 34.0 Å². The summed E-state index contributed by atoms with van der Waals surface area (Å²) in [5, 5.41) is 11.8. The summed E-state index contributed by atoms with van der Waals surface area (Å²) >= 11 is 2.13. The van der Waals surface area contributed by atoms with E-state index >= 15 is 0 Å². The van der Waals surface area contributed by atoms with E-state index in [-0.39, 0.29) is 12.5 Å². The van der Waals surface area contributed by atoms with Crippen molar-refractivity contribution >= 4 is 34.2 Å². The number of esters is 1. The first-order valence-electron chi connectivity index (χ1n) is 4.76. The van der Waals surface area contributed by atoms with Crippen LogP contribution in [0.3, 0.4) is 0 Å². The van der Waals surface area contributed by atoms with Crippen molar-refractivity contribution < 1.29 is 9.53 Å². The predicted molar refractivity (Wildman–Crippen MR) is 69.0 cm³/mol. The molecule has 0 atom stereocenters. The highest BCUT2D eigenvalue weighted by molar-refractivity contribution is 14.1. The Bertz CT molecular complexity index is 426. The van der Waals surface area contributed by atoms with Crippen LogP contribution in [0.15, 0.2) is 18.2 Å². The van der Waals surface area contributed by atoms with E-state index in [0.29, 0.717) is 17.9 Å². The number of ether oxygens (including phenoxy) is 1. The molecule has 5 heteroatoms. The molecule has 0 aliphatic heterocycles. The van der Waals surface area contributed by atoms with Crippen LogP contribution in [0, 0.1) is 14.9 Å². The summed E-state index contributed by atoms with van der Waals surface area (Å²) in [6.45, 7) is 2.19. The Morgan fingerprint density at radius 3 is 3.00 bits per heavy atom. The summed E-state index contributed by atoms with van der Waals surface area (Å²) in [6.07, 6.45) is 0. The van der Waals surface area contributed by atoms with Gasteiger partial charge in [-0.25, -0.2) is 0 Å². The fraction of sp³-hybridized carbons (Fsp3) is 0.273. The molecule has 4 nitrogen and oxygen atoms in total. The lowest BCUT2D eigenvalue weighted by Crippen LogP contribution is -2.17. The van der Waals surface area contributed by atoms with Gasteiger partial charge in [-0.2, -0.15) is 5.26 Å². The molecular weight excluding hydrogens is 319 g/mol. The molecule has 0 aliphatic rings. The Morgan fingerprint density at radius 2 is 2.38 bits per heavy atom. The molecule has 16 heavy (non-hydrogen) atoms. The molecule has 0 radical (unpaired) electrons. The van der Waals surface area contributed by atoms with Gasteiger partial charge in [-0.15, -0.1) is 0 Å². The van der Waals surface area contributed by atoms with Crippen LogP contribution in [0.2, 0.25) is 0 Å². The summed E-state index contributed by atoms with van der Waals surface area (Å²) < 4.78 is 5.76. The molecule has 0 saturated carbocycles. The van der Waals surface area contributed by atoms with Gasteiger partial charge in [-0.05, 0) is 47.7 Å². The molecule has 1 aromatic carbocycles. The third-order valence-corrected chi connectivity index (χ3v) is 2.50. The second-order valence-electron chi connectivity index (χ2n) is 2.96. The Balaban J connectivity index is 2.67. The van der Waals surface area contributed by atoms with Crippen LogP contribution in [0.25, 0.3) is 0 Å². The lowest BCUT2D eigenvalue weighted by Gasteiger charge is -2.07. The Hall–Kier alpha value is -1.29. The van der Waals surface area contributed by atoms with Gasteiger partial charge >= 0.3 is 5.97 Å². The molecule has 84 valence electrons. The Labute approximate surface area is 108 Å². The number of hydrogen-bond donors (Lipinski definition) is 1. The molecule has 1 aromatic rings. The molecule has 0 fully saturated rings. The van der Waals surface area contributed by atoms with Gasteiger partial charge in [0, 0.05) is 3.57 Å². The van der Waals surface area contributed by atoms with Gasteiger partial charge in [0.25, 0.3) is 0 Å². The number of benzene rings is 1. The van der Waals surface area contributed by atoms with Crippen molar-refractivity contribution in [2.24, 2.45) is 0 Å². The molecule has 0 spiro atoms. The van der Waals surface area contributed by atoms with Crippen LogP contribution >= 0.6 is 22.6 Å². The minimum absolute atomic E-state index is 0.0725. The first kappa shape index (κ1) is 12.8. The zero-order chi connectivity index (χ0) is 12.0. The number of anilines is 1. The van der Waals surface area contributed by atoms with Gasteiger partial charge in [-0.3, -0.25) is 4.79 Å². The second kappa shape index (κ2) is 6.33. The summed E-state index contributed by atoms with van der Waals surface area (Å²) in [6, 6.07) is 7.48. The van der Waals surface area contributed by atoms with Gasteiger partial charge in [0.2, 0.25) is 0 Å². The number of hydrogen-bond acceptors (Lipinski definition) is 4. The Kier molecular flexibility index (Phi) is 5.05. The summed E-state index contributed by atoms with van der Waals surface area (Å²) in [7, 11) is 0. The zero-order valence-corrected chi connectivity index (χ0v) is 10.9. The quantitative estimate of drug-likeness (QED) is 0.679. The molecule has 0 amide bonds. The number of carbonyl (C=O) groups is 1. The van der Waals surface area contributed by atoms with E-state index in [0.717, 1.165) is 3.57 Å². The number of nitriles is 1. The minimum Gasteiger partial charge on any atom is -0.465 e.